The van der Waals surface area contributed by atoms with Gasteiger partial charge in [-0.15, -0.1) is 11.3 Å². The average molecular weight is 358 g/mol. The molecule has 2 amide bonds. The fraction of sp³-hybridized carbons (Fsp3) is 0.500. The lowest BCUT2D eigenvalue weighted by molar-refractivity contribution is -0.147. The number of nitrogens with zero attached hydrogens (tertiary/aromatic N) is 2. The molecule has 0 saturated carbocycles. The first-order valence-electron chi connectivity index (χ1n) is 8.84. The third kappa shape index (κ3) is 3.14. The number of benzene rings is 1. The van der Waals surface area contributed by atoms with Gasteiger partial charge in [0, 0.05) is 19.1 Å². The molecule has 7 heteroatoms. The number of nitrogens with one attached hydrogen (secondary N) is 2. The second-order valence-electron chi connectivity index (χ2n) is 6.75. The SMILES string of the molecule is CCC[C@@H]1NC(=O)[C@@H]2C[C@H](NCc3nc4ccccc4s3)CN2C1=O. The summed E-state index contributed by atoms with van der Waals surface area (Å²) in [6.45, 7) is 3.29. The quantitative estimate of drug-likeness (QED) is 0.852. The monoisotopic (exact) mass is 358 g/mol. The number of carbonyl (C=O) groups excluding carboxylic acids is 2. The Labute approximate surface area is 150 Å². The fourth-order valence-corrected chi connectivity index (χ4v) is 4.64. The lowest BCUT2D eigenvalue weighted by atomic mass is 10.0. The Morgan fingerprint density at radius 3 is 3.00 bits per heavy atom. The Morgan fingerprint density at radius 1 is 1.36 bits per heavy atom. The normalized spacial score (nSPS) is 26.1. The van der Waals surface area contributed by atoms with Crippen LogP contribution in [0.1, 0.15) is 31.2 Å². The van der Waals surface area contributed by atoms with Crippen molar-refractivity contribution >= 4 is 33.4 Å². The fourth-order valence-electron chi connectivity index (χ4n) is 3.72. The molecular weight excluding hydrogens is 336 g/mol. The maximum atomic E-state index is 12.6. The van der Waals surface area contributed by atoms with Gasteiger partial charge in [-0.05, 0) is 25.0 Å². The number of hydrogen-bond acceptors (Lipinski definition) is 5. The minimum atomic E-state index is -0.350. The van der Waals surface area contributed by atoms with Crippen LogP contribution in [-0.4, -0.2) is 46.4 Å². The van der Waals surface area contributed by atoms with Crippen LogP contribution in [0.3, 0.4) is 0 Å². The van der Waals surface area contributed by atoms with E-state index >= 15 is 0 Å². The van der Waals surface area contributed by atoms with Gasteiger partial charge >= 0.3 is 0 Å². The van der Waals surface area contributed by atoms with Crippen molar-refractivity contribution in [2.75, 3.05) is 6.54 Å². The van der Waals surface area contributed by atoms with Crippen molar-refractivity contribution in [3.8, 4) is 0 Å². The minimum absolute atomic E-state index is 0.0117. The summed E-state index contributed by atoms with van der Waals surface area (Å²) >= 11 is 1.68. The zero-order chi connectivity index (χ0) is 17.4. The molecule has 0 bridgehead atoms. The van der Waals surface area contributed by atoms with Gasteiger partial charge in [0.05, 0.1) is 10.2 Å². The molecule has 25 heavy (non-hydrogen) atoms. The molecule has 2 aromatic rings. The summed E-state index contributed by atoms with van der Waals surface area (Å²) in [6.07, 6.45) is 2.26. The Bertz CT molecular complexity index is 772. The van der Waals surface area contributed by atoms with Gasteiger partial charge in [0.2, 0.25) is 11.8 Å². The molecule has 1 aromatic carbocycles. The topological polar surface area (TPSA) is 74.3 Å². The molecule has 1 aromatic heterocycles. The van der Waals surface area contributed by atoms with Gasteiger partial charge in [0.25, 0.3) is 0 Å². The highest BCUT2D eigenvalue weighted by Gasteiger charge is 2.45. The van der Waals surface area contributed by atoms with E-state index in [0.717, 1.165) is 16.9 Å². The summed E-state index contributed by atoms with van der Waals surface area (Å²) in [4.78, 5) is 31.2. The van der Waals surface area contributed by atoms with E-state index in [-0.39, 0.29) is 29.9 Å². The Hall–Kier alpha value is -1.99. The second-order valence-corrected chi connectivity index (χ2v) is 7.86. The zero-order valence-corrected chi connectivity index (χ0v) is 15.0. The molecule has 2 aliphatic rings. The Kier molecular flexibility index (Phi) is 4.43. The summed E-state index contributed by atoms with van der Waals surface area (Å²) in [6, 6.07) is 7.55. The smallest absolute Gasteiger partial charge is 0.245 e. The van der Waals surface area contributed by atoms with E-state index in [4.69, 9.17) is 0 Å². The number of aromatic nitrogens is 1. The third-order valence-corrected chi connectivity index (χ3v) is 6.00. The van der Waals surface area contributed by atoms with E-state index < -0.39 is 0 Å². The largest absolute Gasteiger partial charge is 0.343 e. The van der Waals surface area contributed by atoms with Gasteiger partial charge in [0.1, 0.15) is 17.1 Å². The first kappa shape index (κ1) is 16.5. The highest BCUT2D eigenvalue weighted by Crippen LogP contribution is 2.25. The van der Waals surface area contributed by atoms with Crippen molar-refractivity contribution in [1.29, 1.82) is 0 Å². The van der Waals surface area contributed by atoms with Crippen molar-refractivity contribution in [3.05, 3.63) is 29.3 Å². The molecule has 132 valence electrons. The number of fused-ring (bicyclic) bond motifs is 2. The van der Waals surface area contributed by atoms with E-state index in [1.165, 1.54) is 4.70 Å². The highest BCUT2D eigenvalue weighted by molar-refractivity contribution is 7.18. The lowest BCUT2D eigenvalue weighted by Gasteiger charge is -2.34. The van der Waals surface area contributed by atoms with Gasteiger partial charge in [-0.3, -0.25) is 9.59 Å². The summed E-state index contributed by atoms with van der Waals surface area (Å²) in [5.74, 6) is 0.0538. The Balaban J connectivity index is 1.40. The van der Waals surface area contributed by atoms with E-state index in [1.807, 2.05) is 25.1 Å². The molecule has 2 aliphatic heterocycles. The zero-order valence-electron chi connectivity index (χ0n) is 14.2. The predicted octanol–water partition coefficient (Wildman–Crippen LogP) is 1.65. The number of piperazine rings is 1. The molecule has 2 fully saturated rings. The van der Waals surface area contributed by atoms with E-state index in [0.29, 0.717) is 25.9 Å². The summed E-state index contributed by atoms with van der Waals surface area (Å²) in [5, 5.41) is 7.39. The third-order valence-electron chi connectivity index (χ3n) is 4.96. The highest BCUT2D eigenvalue weighted by atomic mass is 32.1. The summed E-state index contributed by atoms with van der Waals surface area (Å²) < 4.78 is 1.18. The molecule has 4 rings (SSSR count). The molecule has 6 nitrogen and oxygen atoms in total. The molecule has 0 aliphatic carbocycles. The van der Waals surface area contributed by atoms with Crippen LogP contribution in [0, 0.1) is 0 Å². The van der Waals surface area contributed by atoms with Gasteiger partial charge < -0.3 is 15.5 Å². The number of hydrogen-bond donors (Lipinski definition) is 2. The average Bonchev–Trinajstić information content (AvgIpc) is 3.22. The van der Waals surface area contributed by atoms with Gasteiger partial charge in [-0.25, -0.2) is 4.98 Å². The lowest BCUT2D eigenvalue weighted by Crippen LogP contribution is -2.61. The molecular formula is C18H22N4O2S. The van der Waals surface area contributed by atoms with Gasteiger partial charge in [0.15, 0.2) is 0 Å². The van der Waals surface area contributed by atoms with Crippen LogP contribution in [0.15, 0.2) is 24.3 Å². The van der Waals surface area contributed by atoms with Crippen LogP contribution in [-0.2, 0) is 16.1 Å². The number of thiazole rings is 1. The number of para-hydroxylation sites is 1. The van der Waals surface area contributed by atoms with Crippen LogP contribution in [0.2, 0.25) is 0 Å². The van der Waals surface area contributed by atoms with Gasteiger partial charge in [-0.2, -0.15) is 0 Å². The Morgan fingerprint density at radius 2 is 2.20 bits per heavy atom. The van der Waals surface area contributed by atoms with Crippen molar-refractivity contribution in [1.82, 2.24) is 20.5 Å². The molecule has 0 unspecified atom stereocenters. The van der Waals surface area contributed by atoms with E-state index in [9.17, 15) is 9.59 Å². The second kappa shape index (κ2) is 6.72. The van der Waals surface area contributed by atoms with E-state index in [2.05, 4.69) is 21.7 Å². The molecule has 2 N–H and O–H groups in total. The van der Waals surface area contributed by atoms with E-state index in [1.54, 1.807) is 16.2 Å². The minimum Gasteiger partial charge on any atom is -0.343 e. The molecule has 0 radical (unpaired) electrons. The van der Waals surface area contributed by atoms with Crippen LogP contribution in [0.25, 0.3) is 10.2 Å². The van der Waals surface area contributed by atoms with Crippen LogP contribution < -0.4 is 10.6 Å². The standard InChI is InChI=1S/C18H22N4O2S/c1-2-5-13-18(24)22-10-11(8-14(22)17(23)21-13)19-9-16-20-12-6-3-4-7-15(12)25-16/h3-4,6-7,11,13-14,19H,2,5,8-10H2,1H3,(H,21,23)/t11-,13-,14-/m0/s1. The first-order chi connectivity index (χ1) is 12.2. The summed E-state index contributed by atoms with van der Waals surface area (Å²) in [5.41, 5.74) is 1.02. The molecule has 3 atom stereocenters. The molecule has 3 heterocycles. The first-order valence-corrected chi connectivity index (χ1v) is 9.66. The van der Waals surface area contributed by atoms with Crippen molar-refractivity contribution in [2.24, 2.45) is 0 Å². The van der Waals surface area contributed by atoms with Crippen molar-refractivity contribution in [3.63, 3.8) is 0 Å². The number of carbonyl (C=O) groups is 2. The number of rotatable bonds is 5. The van der Waals surface area contributed by atoms with Gasteiger partial charge in [-0.1, -0.05) is 25.5 Å². The predicted molar refractivity (Wildman–Crippen MR) is 97.2 cm³/mol. The number of amides is 2. The summed E-state index contributed by atoms with van der Waals surface area (Å²) in [7, 11) is 0. The van der Waals surface area contributed by atoms with Crippen molar-refractivity contribution in [2.45, 2.75) is 50.9 Å². The van der Waals surface area contributed by atoms with Crippen LogP contribution >= 0.6 is 11.3 Å². The van der Waals surface area contributed by atoms with Crippen LogP contribution in [0.5, 0.6) is 0 Å². The molecule has 0 spiro atoms. The van der Waals surface area contributed by atoms with Crippen molar-refractivity contribution < 1.29 is 9.59 Å². The molecule has 2 saturated heterocycles. The maximum absolute atomic E-state index is 12.6. The maximum Gasteiger partial charge on any atom is 0.245 e. The van der Waals surface area contributed by atoms with Crippen LogP contribution in [0.4, 0.5) is 0 Å².